The Morgan fingerprint density at radius 3 is 1.73 bits per heavy atom. The Kier molecular flexibility index (Phi) is 6.93. The second-order valence-corrected chi connectivity index (χ2v) is 13.5. The van der Waals surface area contributed by atoms with Crippen LogP contribution in [0.25, 0.3) is 76.3 Å². The minimum atomic E-state index is 0.600. The van der Waals surface area contributed by atoms with Crippen LogP contribution in [0.3, 0.4) is 0 Å². The number of hydrogen-bond donors (Lipinski definition) is 0. The number of furan rings is 1. The van der Waals surface area contributed by atoms with Gasteiger partial charge in [-0.2, -0.15) is 0 Å². The van der Waals surface area contributed by atoms with Gasteiger partial charge in [0.1, 0.15) is 11.2 Å². The number of aromatic nitrogens is 3. The van der Waals surface area contributed by atoms with E-state index in [2.05, 4.69) is 102 Å². The molecular weight excluding hydrogens is 645 g/mol. The molecule has 0 amide bonds. The molecule has 0 aliphatic carbocycles. The second-order valence-electron chi connectivity index (χ2n) is 12.4. The van der Waals surface area contributed by atoms with Gasteiger partial charge in [0.05, 0.1) is 0 Å². The van der Waals surface area contributed by atoms with Gasteiger partial charge in [0, 0.05) is 70.8 Å². The van der Waals surface area contributed by atoms with Crippen LogP contribution >= 0.6 is 11.3 Å². The number of rotatable bonds is 6. The van der Waals surface area contributed by atoms with Gasteiger partial charge in [-0.15, -0.1) is 11.3 Å². The molecule has 0 atom stereocenters. The average Bonchev–Trinajstić information content (AvgIpc) is 3.77. The quantitative estimate of drug-likeness (QED) is 0.176. The molecule has 6 heteroatoms. The van der Waals surface area contributed by atoms with Gasteiger partial charge in [-0.05, 0) is 48.5 Å². The molecule has 0 aliphatic heterocycles. The third-order valence-electron chi connectivity index (χ3n) is 9.31. The summed E-state index contributed by atoms with van der Waals surface area (Å²) < 4.78 is 9.17. The first-order valence-corrected chi connectivity index (χ1v) is 17.7. The molecule has 0 saturated heterocycles. The first-order chi connectivity index (χ1) is 25.3. The number of nitrogens with zero attached hydrogens (tertiary/aromatic N) is 4. The Bertz CT molecular complexity index is 2810. The number of thiophene rings is 1. The molecule has 0 bridgehead atoms. The average molecular weight is 673 g/mol. The maximum atomic E-state index is 6.62. The molecule has 10 aromatic rings. The minimum Gasteiger partial charge on any atom is -0.456 e. The van der Waals surface area contributed by atoms with E-state index in [4.69, 9.17) is 19.4 Å². The summed E-state index contributed by atoms with van der Waals surface area (Å²) in [6.45, 7) is 0. The summed E-state index contributed by atoms with van der Waals surface area (Å²) in [5, 5.41) is 4.54. The van der Waals surface area contributed by atoms with Crippen LogP contribution in [0.1, 0.15) is 0 Å². The summed E-state index contributed by atoms with van der Waals surface area (Å²) >= 11 is 1.83. The fourth-order valence-corrected chi connectivity index (χ4v) is 8.09. The van der Waals surface area contributed by atoms with Crippen LogP contribution in [0.15, 0.2) is 174 Å². The highest BCUT2D eigenvalue weighted by molar-refractivity contribution is 7.25. The van der Waals surface area contributed by atoms with E-state index >= 15 is 0 Å². The highest BCUT2D eigenvalue weighted by Gasteiger charge is 2.20. The van der Waals surface area contributed by atoms with Crippen LogP contribution < -0.4 is 4.90 Å². The molecular formula is C45H28N4OS. The largest absolute Gasteiger partial charge is 0.456 e. The standard InChI is InChI=1S/C45H28N4OS/c1-4-13-29(14-5-1)43-46-44(30-15-6-2-7-16-30)48-45(47-43)37-20-12-21-38-42(37)36-26-24-32(27-39(36)50-38)49(31-17-8-3-9-18-31)33-23-25-35-34-19-10-11-22-40(34)51-41(35)28-33/h1-28H. The fourth-order valence-electron chi connectivity index (χ4n) is 6.95. The van der Waals surface area contributed by atoms with Gasteiger partial charge < -0.3 is 9.32 Å². The Morgan fingerprint density at radius 2 is 1.00 bits per heavy atom. The third-order valence-corrected chi connectivity index (χ3v) is 10.4. The van der Waals surface area contributed by atoms with Crippen molar-refractivity contribution in [3.63, 3.8) is 0 Å². The molecule has 3 heterocycles. The van der Waals surface area contributed by atoms with Crippen LogP contribution in [0.4, 0.5) is 17.1 Å². The molecule has 10 rings (SSSR count). The highest BCUT2D eigenvalue weighted by atomic mass is 32.1. The van der Waals surface area contributed by atoms with E-state index in [1.54, 1.807) is 0 Å². The smallest absolute Gasteiger partial charge is 0.164 e. The molecule has 240 valence electrons. The number of para-hydroxylation sites is 1. The van der Waals surface area contributed by atoms with Crippen LogP contribution in [-0.2, 0) is 0 Å². The Labute approximate surface area is 297 Å². The lowest BCUT2D eigenvalue weighted by Crippen LogP contribution is -2.09. The predicted molar refractivity (Wildman–Crippen MR) is 211 cm³/mol. The summed E-state index contributed by atoms with van der Waals surface area (Å²) in [4.78, 5) is 17.3. The van der Waals surface area contributed by atoms with Gasteiger partial charge in [0.25, 0.3) is 0 Å². The van der Waals surface area contributed by atoms with Crippen molar-refractivity contribution in [3.8, 4) is 34.2 Å². The normalized spacial score (nSPS) is 11.5. The summed E-state index contributed by atoms with van der Waals surface area (Å²) in [7, 11) is 0. The van der Waals surface area contributed by atoms with E-state index in [1.165, 1.54) is 20.2 Å². The molecule has 0 N–H and O–H groups in total. The Morgan fingerprint density at radius 1 is 0.412 bits per heavy atom. The molecule has 51 heavy (non-hydrogen) atoms. The number of fused-ring (bicyclic) bond motifs is 6. The monoisotopic (exact) mass is 672 g/mol. The summed E-state index contributed by atoms with van der Waals surface area (Å²) in [6, 6.07) is 58.5. The number of benzene rings is 7. The SMILES string of the molecule is c1ccc(-c2nc(-c3ccccc3)nc(-c3cccc4oc5cc(N(c6ccccc6)c6ccc7c(c6)sc6ccccc67)ccc5c34)n2)cc1. The van der Waals surface area contributed by atoms with Crippen molar-refractivity contribution in [2.24, 2.45) is 0 Å². The zero-order chi connectivity index (χ0) is 33.7. The fraction of sp³-hybridized carbons (Fsp3) is 0. The van der Waals surface area contributed by atoms with Crippen molar-refractivity contribution < 1.29 is 4.42 Å². The van der Waals surface area contributed by atoms with E-state index in [9.17, 15) is 0 Å². The molecule has 0 saturated carbocycles. The van der Waals surface area contributed by atoms with Crippen molar-refractivity contribution in [1.82, 2.24) is 15.0 Å². The van der Waals surface area contributed by atoms with E-state index in [0.717, 1.165) is 55.7 Å². The van der Waals surface area contributed by atoms with Gasteiger partial charge in [0.2, 0.25) is 0 Å². The molecule has 0 radical (unpaired) electrons. The van der Waals surface area contributed by atoms with Crippen LogP contribution in [0.2, 0.25) is 0 Å². The number of anilines is 3. The van der Waals surface area contributed by atoms with Crippen molar-refractivity contribution in [1.29, 1.82) is 0 Å². The topological polar surface area (TPSA) is 55.1 Å². The maximum absolute atomic E-state index is 6.62. The van der Waals surface area contributed by atoms with Gasteiger partial charge in [0.15, 0.2) is 17.5 Å². The minimum absolute atomic E-state index is 0.600. The Balaban J connectivity index is 1.14. The zero-order valence-electron chi connectivity index (χ0n) is 27.3. The van der Waals surface area contributed by atoms with Crippen molar-refractivity contribution in [3.05, 3.63) is 170 Å². The second kappa shape index (κ2) is 12.1. The van der Waals surface area contributed by atoms with Crippen molar-refractivity contribution >= 4 is 70.5 Å². The van der Waals surface area contributed by atoms with Crippen LogP contribution in [0.5, 0.6) is 0 Å². The molecule has 5 nitrogen and oxygen atoms in total. The summed E-state index contributed by atoms with van der Waals surface area (Å²) in [6.07, 6.45) is 0. The van der Waals surface area contributed by atoms with E-state index in [-0.39, 0.29) is 0 Å². The lowest BCUT2D eigenvalue weighted by molar-refractivity contribution is 0.669. The third kappa shape index (κ3) is 5.12. The molecule has 0 aliphatic rings. The van der Waals surface area contributed by atoms with Crippen LogP contribution in [-0.4, -0.2) is 15.0 Å². The molecule has 0 fully saturated rings. The number of hydrogen-bond acceptors (Lipinski definition) is 6. The van der Waals surface area contributed by atoms with E-state index < -0.39 is 0 Å². The lowest BCUT2D eigenvalue weighted by atomic mass is 10.0. The van der Waals surface area contributed by atoms with Crippen LogP contribution in [0, 0.1) is 0 Å². The van der Waals surface area contributed by atoms with Crippen molar-refractivity contribution in [2.75, 3.05) is 4.90 Å². The van der Waals surface area contributed by atoms with Gasteiger partial charge in [-0.3, -0.25) is 0 Å². The maximum Gasteiger partial charge on any atom is 0.164 e. The van der Waals surface area contributed by atoms with E-state index in [0.29, 0.717) is 17.5 Å². The van der Waals surface area contributed by atoms with Gasteiger partial charge in [-0.1, -0.05) is 115 Å². The van der Waals surface area contributed by atoms with Crippen molar-refractivity contribution in [2.45, 2.75) is 0 Å². The first-order valence-electron chi connectivity index (χ1n) is 16.9. The molecule has 3 aromatic heterocycles. The van der Waals surface area contributed by atoms with E-state index in [1.807, 2.05) is 84.1 Å². The molecule has 7 aromatic carbocycles. The van der Waals surface area contributed by atoms with Gasteiger partial charge in [-0.25, -0.2) is 15.0 Å². The predicted octanol–water partition coefficient (Wildman–Crippen LogP) is 12.6. The first kappa shape index (κ1) is 29.3. The highest BCUT2D eigenvalue weighted by Crippen LogP contribution is 2.43. The zero-order valence-corrected chi connectivity index (χ0v) is 28.1. The summed E-state index contributed by atoms with van der Waals surface area (Å²) in [5.41, 5.74) is 7.49. The van der Waals surface area contributed by atoms with Gasteiger partial charge >= 0.3 is 0 Å². The molecule has 0 spiro atoms. The lowest BCUT2D eigenvalue weighted by Gasteiger charge is -2.25. The Hall–Kier alpha value is -6.63. The summed E-state index contributed by atoms with van der Waals surface area (Å²) in [5.74, 6) is 1.85. The molecule has 0 unspecified atom stereocenters.